The van der Waals surface area contributed by atoms with Crippen molar-refractivity contribution in [3.8, 4) is 0 Å². The third-order valence-corrected chi connectivity index (χ3v) is 3.73. The highest BCUT2D eigenvalue weighted by atomic mass is 19.4. The van der Waals surface area contributed by atoms with Crippen LogP contribution in [0.25, 0.3) is 0 Å². The number of likely N-dealkylation sites (N-methyl/N-ethyl adjacent to an activating group) is 1. The first-order chi connectivity index (χ1) is 10.2. The average molecular weight is 322 g/mol. The maximum absolute atomic E-state index is 13.6. The van der Waals surface area contributed by atoms with Gasteiger partial charge in [0.2, 0.25) is 5.91 Å². The van der Waals surface area contributed by atoms with Gasteiger partial charge in [0.15, 0.2) is 6.04 Å². The van der Waals surface area contributed by atoms with Crippen LogP contribution in [0, 0.1) is 11.6 Å². The molecule has 0 aliphatic carbocycles. The number of carbonyl (C=O) groups is 1. The zero-order valence-electron chi connectivity index (χ0n) is 11.8. The lowest BCUT2D eigenvalue weighted by Crippen LogP contribution is -2.47. The largest absolute Gasteiger partial charge is 0.413 e. The number of benzene rings is 1. The van der Waals surface area contributed by atoms with Crippen LogP contribution in [-0.2, 0) is 4.79 Å². The Balaban J connectivity index is 2.30. The van der Waals surface area contributed by atoms with Crippen molar-refractivity contribution in [1.29, 1.82) is 0 Å². The first kappa shape index (κ1) is 16.7. The van der Waals surface area contributed by atoms with E-state index in [2.05, 4.69) is 0 Å². The molecule has 0 bridgehead atoms. The number of hydrogen-bond acceptors (Lipinski definition) is 2. The van der Waals surface area contributed by atoms with Gasteiger partial charge in [-0.15, -0.1) is 0 Å². The van der Waals surface area contributed by atoms with Crippen LogP contribution in [0.2, 0.25) is 0 Å². The first-order valence-electron chi connectivity index (χ1n) is 6.73. The molecule has 0 unspecified atom stereocenters. The molecule has 1 fully saturated rings. The summed E-state index contributed by atoms with van der Waals surface area (Å²) < 4.78 is 66.7. The second-order valence-electron chi connectivity index (χ2n) is 5.26. The van der Waals surface area contributed by atoms with E-state index in [1.807, 2.05) is 0 Å². The summed E-state index contributed by atoms with van der Waals surface area (Å²) in [4.78, 5) is 13.6. The predicted molar refractivity (Wildman–Crippen MR) is 68.9 cm³/mol. The summed E-state index contributed by atoms with van der Waals surface area (Å²) in [6.07, 6.45) is -3.91. The minimum absolute atomic E-state index is 0.409. The summed E-state index contributed by atoms with van der Waals surface area (Å²) in [6, 6.07) is -1.01. The number of amides is 1. The van der Waals surface area contributed by atoms with Gasteiger partial charge in [-0.25, -0.2) is 8.78 Å². The minimum atomic E-state index is -5.00. The van der Waals surface area contributed by atoms with Crippen LogP contribution in [0.4, 0.5) is 22.0 Å². The Labute approximate surface area is 124 Å². The van der Waals surface area contributed by atoms with Gasteiger partial charge in [-0.05, 0) is 38.6 Å². The quantitative estimate of drug-likeness (QED) is 0.868. The van der Waals surface area contributed by atoms with Crippen molar-refractivity contribution in [3.05, 3.63) is 35.4 Å². The van der Waals surface area contributed by atoms with Gasteiger partial charge in [0.25, 0.3) is 0 Å². The van der Waals surface area contributed by atoms with E-state index < -0.39 is 41.4 Å². The molecule has 1 heterocycles. The first-order valence-corrected chi connectivity index (χ1v) is 6.73. The maximum atomic E-state index is 13.6. The molecule has 1 aliphatic heterocycles. The third kappa shape index (κ3) is 3.37. The van der Waals surface area contributed by atoms with E-state index >= 15 is 0 Å². The molecule has 122 valence electrons. The number of nitrogens with zero attached hydrogens (tertiary/aromatic N) is 1. The molecule has 1 aliphatic rings. The molecule has 0 radical (unpaired) electrons. The Kier molecular flexibility index (Phi) is 4.69. The van der Waals surface area contributed by atoms with Crippen LogP contribution < -0.4 is 5.32 Å². The molecule has 0 spiro atoms. The standard InChI is InChI=1S/C14H15F5N2O/c1-21-7-3-6-10(21)13(22)20-12(14(17,18)19)11-8(15)4-2-5-9(11)16/h2,4-5,10,12H,3,6-7H2,1H3,(H,20,22)/t10-,12+/m1/s1. The van der Waals surface area contributed by atoms with E-state index in [1.165, 1.54) is 0 Å². The molecule has 22 heavy (non-hydrogen) atoms. The van der Waals surface area contributed by atoms with Crippen molar-refractivity contribution in [2.75, 3.05) is 13.6 Å². The van der Waals surface area contributed by atoms with Gasteiger partial charge in [-0.1, -0.05) is 6.07 Å². The van der Waals surface area contributed by atoms with E-state index in [9.17, 15) is 26.7 Å². The Bertz CT molecular complexity index is 540. The van der Waals surface area contributed by atoms with E-state index in [0.717, 1.165) is 18.2 Å². The molecule has 1 amide bonds. The van der Waals surface area contributed by atoms with Gasteiger partial charge in [-0.2, -0.15) is 13.2 Å². The lowest BCUT2D eigenvalue weighted by Gasteiger charge is -2.26. The number of nitrogens with one attached hydrogen (secondary N) is 1. The molecule has 8 heteroatoms. The molecule has 1 aromatic carbocycles. The van der Waals surface area contributed by atoms with Crippen LogP contribution in [0.1, 0.15) is 24.4 Å². The molecule has 1 saturated heterocycles. The highest BCUT2D eigenvalue weighted by molar-refractivity contribution is 5.82. The van der Waals surface area contributed by atoms with Crippen molar-refractivity contribution in [1.82, 2.24) is 10.2 Å². The smallest absolute Gasteiger partial charge is 0.339 e. The molecule has 1 aromatic rings. The highest BCUT2D eigenvalue weighted by Crippen LogP contribution is 2.35. The molecule has 0 saturated carbocycles. The Morgan fingerprint density at radius 2 is 1.91 bits per heavy atom. The number of likely N-dealkylation sites (tertiary alicyclic amines) is 1. The Hall–Kier alpha value is -1.70. The SMILES string of the molecule is CN1CCC[C@@H]1C(=O)N[C@@H](c1c(F)cccc1F)C(F)(F)F. The van der Waals surface area contributed by atoms with Gasteiger partial charge in [-0.3, -0.25) is 9.69 Å². The van der Waals surface area contributed by atoms with E-state index in [0.29, 0.717) is 19.4 Å². The second-order valence-corrected chi connectivity index (χ2v) is 5.26. The number of hydrogen-bond donors (Lipinski definition) is 1. The summed E-state index contributed by atoms with van der Waals surface area (Å²) in [5, 5.41) is 1.74. The third-order valence-electron chi connectivity index (χ3n) is 3.73. The fourth-order valence-corrected chi connectivity index (χ4v) is 2.58. The fourth-order valence-electron chi connectivity index (χ4n) is 2.58. The number of carbonyl (C=O) groups excluding carboxylic acids is 1. The van der Waals surface area contributed by atoms with Crippen molar-refractivity contribution < 1.29 is 26.7 Å². The molecule has 2 atom stereocenters. The monoisotopic (exact) mass is 322 g/mol. The Morgan fingerprint density at radius 3 is 2.36 bits per heavy atom. The van der Waals surface area contributed by atoms with Crippen LogP contribution in [0.3, 0.4) is 0 Å². The normalized spacial score (nSPS) is 20.9. The minimum Gasteiger partial charge on any atom is -0.339 e. The van der Waals surface area contributed by atoms with Gasteiger partial charge in [0, 0.05) is 0 Å². The summed E-state index contributed by atoms with van der Waals surface area (Å²) in [7, 11) is 1.61. The van der Waals surface area contributed by atoms with Crippen LogP contribution in [0.15, 0.2) is 18.2 Å². The molecule has 2 rings (SSSR count). The number of alkyl halides is 3. The van der Waals surface area contributed by atoms with Crippen molar-refractivity contribution >= 4 is 5.91 Å². The summed E-state index contributed by atoms with van der Waals surface area (Å²) in [6.45, 7) is 0.586. The topological polar surface area (TPSA) is 32.3 Å². The van der Waals surface area contributed by atoms with Gasteiger partial charge < -0.3 is 5.32 Å². The summed E-state index contributed by atoms with van der Waals surface area (Å²) in [5.74, 6) is -3.57. The van der Waals surface area contributed by atoms with Crippen LogP contribution >= 0.6 is 0 Å². The van der Waals surface area contributed by atoms with Crippen molar-refractivity contribution in [2.45, 2.75) is 31.1 Å². The van der Waals surface area contributed by atoms with Crippen molar-refractivity contribution in [3.63, 3.8) is 0 Å². The average Bonchev–Trinajstić information content (AvgIpc) is 2.82. The molecule has 1 N–H and O–H groups in total. The zero-order valence-corrected chi connectivity index (χ0v) is 11.8. The molecular formula is C14H15F5N2O. The molecular weight excluding hydrogens is 307 g/mol. The molecule has 0 aromatic heterocycles. The van der Waals surface area contributed by atoms with Crippen LogP contribution in [-0.4, -0.2) is 36.6 Å². The van der Waals surface area contributed by atoms with Gasteiger partial charge in [0.05, 0.1) is 11.6 Å². The number of rotatable bonds is 3. The Morgan fingerprint density at radius 1 is 1.32 bits per heavy atom. The maximum Gasteiger partial charge on any atom is 0.413 e. The van der Waals surface area contributed by atoms with Crippen molar-refractivity contribution in [2.24, 2.45) is 0 Å². The number of halogens is 5. The van der Waals surface area contributed by atoms with E-state index in [-0.39, 0.29) is 0 Å². The summed E-state index contributed by atoms with van der Waals surface area (Å²) in [5.41, 5.74) is -1.19. The highest BCUT2D eigenvalue weighted by Gasteiger charge is 2.46. The van der Waals surface area contributed by atoms with Crippen LogP contribution in [0.5, 0.6) is 0 Å². The van der Waals surface area contributed by atoms with Gasteiger partial charge in [0.1, 0.15) is 11.6 Å². The zero-order chi connectivity index (χ0) is 16.5. The van der Waals surface area contributed by atoms with E-state index in [4.69, 9.17) is 0 Å². The fraction of sp³-hybridized carbons (Fsp3) is 0.500. The second kappa shape index (κ2) is 6.20. The lowest BCUT2D eigenvalue weighted by molar-refractivity contribution is -0.165. The predicted octanol–water partition coefficient (Wildman–Crippen LogP) is 2.78. The lowest BCUT2D eigenvalue weighted by atomic mass is 10.0. The molecule has 3 nitrogen and oxygen atoms in total. The van der Waals surface area contributed by atoms with E-state index in [1.54, 1.807) is 17.3 Å². The summed E-state index contributed by atoms with van der Waals surface area (Å²) >= 11 is 0. The van der Waals surface area contributed by atoms with Gasteiger partial charge >= 0.3 is 6.18 Å².